The molecule has 0 aromatic heterocycles. The third-order valence-electron chi connectivity index (χ3n) is 10.7. The highest BCUT2D eigenvalue weighted by molar-refractivity contribution is 5.65. The van der Waals surface area contributed by atoms with Gasteiger partial charge in [-0.25, -0.2) is 0 Å². The maximum absolute atomic E-state index is 11.0. The average molecular weight is 429 g/mol. The Morgan fingerprint density at radius 2 is 1.90 bits per heavy atom. The summed E-state index contributed by atoms with van der Waals surface area (Å²) in [5.41, 5.74) is 2.94. The average Bonchev–Trinajstić information content (AvgIpc) is 3.09. The molecule has 0 radical (unpaired) electrons. The first kappa shape index (κ1) is 23.4. The van der Waals surface area contributed by atoms with Crippen LogP contribution in [-0.2, 0) is 9.53 Å². The summed E-state index contributed by atoms with van der Waals surface area (Å²) >= 11 is 0. The summed E-state index contributed by atoms with van der Waals surface area (Å²) in [6.07, 6.45) is 19.5. The first-order valence-corrected chi connectivity index (χ1v) is 13.6. The van der Waals surface area contributed by atoms with E-state index in [1.165, 1.54) is 84.0 Å². The third kappa shape index (κ3) is 4.39. The van der Waals surface area contributed by atoms with Crippen LogP contribution in [0.3, 0.4) is 0 Å². The minimum absolute atomic E-state index is 0.146. The van der Waals surface area contributed by atoms with E-state index in [1.54, 1.807) is 0 Å². The third-order valence-corrected chi connectivity index (χ3v) is 10.7. The van der Waals surface area contributed by atoms with E-state index in [0.717, 1.165) is 29.6 Å². The molecule has 4 aliphatic rings. The van der Waals surface area contributed by atoms with Crippen molar-refractivity contribution in [2.24, 2.45) is 46.3 Å². The van der Waals surface area contributed by atoms with Gasteiger partial charge >= 0.3 is 5.97 Å². The van der Waals surface area contributed by atoms with Gasteiger partial charge in [0.1, 0.15) is 0 Å². The maximum Gasteiger partial charge on any atom is 0.302 e. The molecule has 0 bridgehead atoms. The van der Waals surface area contributed by atoms with Gasteiger partial charge in [0, 0.05) is 6.92 Å². The van der Waals surface area contributed by atoms with Gasteiger partial charge in [0.15, 0.2) is 0 Å². The van der Waals surface area contributed by atoms with Crippen LogP contribution in [0.1, 0.15) is 112 Å². The van der Waals surface area contributed by atoms with E-state index in [9.17, 15) is 4.79 Å². The minimum Gasteiger partial charge on any atom is -0.466 e. The van der Waals surface area contributed by atoms with Gasteiger partial charge in [-0.1, -0.05) is 58.6 Å². The Kier molecular flexibility index (Phi) is 6.95. The Balaban J connectivity index is 1.36. The van der Waals surface area contributed by atoms with Crippen LogP contribution >= 0.6 is 0 Å². The van der Waals surface area contributed by atoms with Crippen LogP contribution in [-0.4, -0.2) is 12.6 Å². The molecule has 0 spiro atoms. The van der Waals surface area contributed by atoms with E-state index in [4.69, 9.17) is 4.74 Å². The second kappa shape index (κ2) is 9.22. The van der Waals surface area contributed by atoms with Crippen LogP contribution in [0, 0.1) is 46.3 Å². The standard InChI is InChI=1S/C29H48O2/c1-20(19-31-22(3)30)9-8-10-21(2)25-14-15-26-24-13-12-23-11-6-7-17-28(23,4)27(24)16-18-29(25,26)5/h12,20-21,24-27H,6-11,13-19H2,1-5H3/t20?,21-,24+,25-,26+,27+,28+,29-/m1/s1. The molecule has 31 heavy (non-hydrogen) atoms. The molecule has 176 valence electrons. The fourth-order valence-corrected chi connectivity index (χ4v) is 9.01. The number of allylic oxidation sites excluding steroid dienone is 2. The van der Waals surface area contributed by atoms with Crippen LogP contribution in [0.5, 0.6) is 0 Å². The van der Waals surface area contributed by atoms with Gasteiger partial charge in [-0.3, -0.25) is 4.79 Å². The molecular formula is C29H48O2. The van der Waals surface area contributed by atoms with E-state index < -0.39 is 0 Å². The summed E-state index contributed by atoms with van der Waals surface area (Å²) < 4.78 is 5.20. The summed E-state index contributed by atoms with van der Waals surface area (Å²) in [6.45, 7) is 12.2. The molecule has 0 saturated heterocycles. The number of fused-ring (bicyclic) bond motifs is 5. The zero-order valence-electron chi connectivity index (χ0n) is 21.1. The van der Waals surface area contributed by atoms with E-state index in [-0.39, 0.29) is 5.97 Å². The molecule has 2 nitrogen and oxygen atoms in total. The highest BCUT2D eigenvalue weighted by Crippen LogP contribution is 2.67. The van der Waals surface area contributed by atoms with Gasteiger partial charge in [-0.15, -0.1) is 0 Å². The van der Waals surface area contributed by atoms with Crippen molar-refractivity contribution in [2.75, 3.05) is 6.61 Å². The van der Waals surface area contributed by atoms with Crippen LogP contribution < -0.4 is 0 Å². The van der Waals surface area contributed by atoms with E-state index in [2.05, 4.69) is 33.8 Å². The molecule has 3 saturated carbocycles. The second-order valence-corrected chi connectivity index (χ2v) is 12.5. The first-order valence-electron chi connectivity index (χ1n) is 13.6. The Morgan fingerprint density at radius 3 is 2.68 bits per heavy atom. The highest BCUT2D eigenvalue weighted by Gasteiger charge is 2.58. The van der Waals surface area contributed by atoms with E-state index in [1.807, 2.05) is 5.57 Å². The number of carbonyl (C=O) groups excluding carboxylic acids is 1. The summed E-state index contributed by atoms with van der Waals surface area (Å²) in [7, 11) is 0. The van der Waals surface area contributed by atoms with Crippen molar-refractivity contribution in [3.63, 3.8) is 0 Å². The normalized spacial score (nSPS) is 41.4. The lowest BCUT2D eigenvalue weighted by Crippen LogP contribution is -2.50. The minimum atomic E-state index is -0.146. The fraction of sp³-hybridized carbons (Fsp3) is 0.897. The molecule has 8 atom stereocenters. The van der Waals surface area contributed by atoms with Crippen molar-refractivity contribution in [2.45, 2.75) is 112 Å². The predicted octanol–water partition coefficient (Wildman–Crippen LogP) is 7.96. The number of hydrogen-bond acceptors (Lipinski definition) is 2. The molecule has 0 aromatic rings. The molecule has 2 heteroatoms. The Labute approximate surface area is 192 Å². The molecule has 3 fully saturated rings. The van der Waals surface area contributed by atoms with Gasteiger partial charge in [0.25, 0.3) is 0 Å². The molecule has 0 heterocycles. The largest absolute Gasteiger partial charge is 0.466 e. The number of hydrogen-bond donors (Lipinski definition) is 0. The molecule has 4 rings (SSSR count). The number of rotatable bonds is 7. The Morgan fingerprint density at radius 1 is 1.10 bits per heavy atom. The van der Waals surface area contributed by atoms with Crippen LogP contribution in [0.4, 0.5) is 0 Å². The number of esters is 1. The molecule has 0 amide bonds. The van der Waals surface area contributed by atoms with Crippen LogP contribution in [0.15, 0.2) is 11.6 Å². The van der Waals surface area contributed by atoms with Crippen molar-refractivity contribution in [3.8, 4) is 0 Å². The van der Waals surface area contributed by atoms with Crippen LogP contribution in [0.2, 0.25) is 0 Å². The van der Waals surface area contributed by atoms with Crippen molar-refractivity contribution >= 4 is 5.97 Å². The van der Waals surface area contributed by atoms with Gasteiger partial charge in [0.05, 0.1) is 6.61 Å². The molecule has 0 aromatic carbocycles. The maximum atomic E-state index is 11.0. The first-order chi connectivity index (χ1) is 14.8. The van der Waals surface area contributed by atoms with Crippen molar-refractivity contribution in [1.82, 2.24) is 0 Å². The SMILES string of the molecule is CC(=O)OCC(C)CCC[C@@H](C)[C@H]1CC[C@H]2[C@@H]3CC=C4CCCC[C@]4(C)[C@H]3CC[C@]12C. The lowest BCUT2D eigenvalue weighted by molar-refractivity contribution is -0.142. The monoisotopic (exact) mass is 428 g/mol. The lowest BCUT2D eigenvalue weighted by atomic mass is 9.47. The van der Waals surface area contributed by atoms with Gasteiger partial charge < -0.3 is 4.74 Å². The summed E-state index contributed by atoms with van der Waals surface area (Å²) in [4.78, 5) is 11.0. The molecule has 0 N–H and O–H groups in total. The topological polar surface area (TPSA) is 26.3 Å². The molecular weight excluding hydrogens is 380 g/mol. The number of ether oxygens (including phenoxy) is 1. The quantitative estimate of drug-likeness (QED) is 0.304. The number of carbonyl (C=O) groups is 1. The second-order valence-electron chi connectivity index (χ2n) is 12.5. The van der Waals surface area contributed by atoms with E-state index >= 15 is 0 Å². The van der Waals surface area contributed by atoms with E-state index in [0.29, 0.717) is 23.4 Å². The Hall–Kier alpha value is -0.790. The summed E-state index contributed by atoms with van der Waals surface area (Å²) in [5, 5.41) is 0. The smallest absolute Gasteiger partial charge is 0.302 e. The zero-order valence-corrected chi connectivity index (χ0v) is 21.1. The Bertz CT molecular complexity index is 680. The van der Waals surface area contributed by atoms with Crippen LogP contribution in [0.25, 0.3) is 0 Å². The van der Waals surface area contributed by atoms with Crippen molar-refractivity contribution in [1.29, 1.82) is 0 Å². The van der Waals surface area contributed by atoms with Gasteiger partial charge in [0.2, 0.25) is 0 Å². The predicted molar refractivity (Wildman–Crippen MR) is 129 cm³/mol. The molecule has 4 aliphatic carbocycles. The van der Waals surface area contributed by atoms with Crippen molar-refractivity contribution in [3.05, 3.63) is 11.6 Å². The van der Waals surface area contributed by atoms with Gasteiger partial charge in [-0.05, 0) is 104 Å². The molecule has 1 unspecified atom stereocenters. The molecule has 0 aliphatic heterocycles. The van der Waals surface area contributed by atoms with Crippen molar-refractivity contribution < 1.29 is 9.53 Å². The zero-order chi connectivity index (χ0) is 22.2. The summed E-state index contributed by atoms with van der Waals surface area (Å²) in [6, 6.07) is 0. The fourth-order valence-electron chi connectivity index (χ4n) is 9.01. The lowest BCUT2D eigenvalue weighted by Gasteiger charge is -2.58. The summed E-state index contributed by atoms with van der Waals surface area (Å²) in [5.74, 6) is 4.94. The highest BCUT2D eigenvalue weighted by atomic mass is 16.5. The van der Waals surface area contributed by atoms with Gasteiger partial charge in [-0.2, -0.15) is 0 Å².